The molecular formula is C23H19ClN2O4. The minimum absolute atomic E-state index is 0.217. The Hall–Kier alpha value is -3.22. The second-order valence-electron chi connectivity index (χ2n) is 6.98. The van der Waals surface area contributed by atoms with Gasteiger partial charge in [-0.3, -0.25) is 14.6 Å². The number of rotatable bonds is 7. The molecule has 1 aromatic heterocycles. The Morgan fingerprint density at radius 3 is 2.60 bits per heavy atom. The summed E-state index contributed by atoms with van der Waals surface area (Å²) in [5, 5.41) is 11.9. The number of pyridine rings is 1. The topological polar surface area (TPSA) is 79.7 Å². The van der Waals surface area contributed by atoms with E-state index in [9.17, 15) is 14.7 Å². The summed E-state index contributed by atoms with van der Waals surface area (Å²) in [6.45, 7) is 0.441. The fourth-order valence-electron chi connectivity index (χ4n) is 3.55. The number of aliphatic hydroxyl groups is 1. The number of nitrogens with zero attached hydrogens (tertiary/aromatic N) is 2. The van der Waals surface area contributed by atoms with Crippen LogP contribution in [0.4, 0.5) is 5.69 Å². The van der Waals surface area contributed by atoms with Gasteiger partial charge in [-0.05, 0) is 42.5 Å². The van der Waals surface area contributed by atoms with Gasteiger partial charge in [-0.15, -0.1) is 0 Å². The first-order chi connectivity index (χ1) is 14.5. The van der Waals surface area contributed by atoms with E-state index in [0.29, 0.717) is 27.6 Å². The number of aromatic nitrogens is 1. The summed E-state index contributed by atoms with van der Waals surface area (Å²) >= 11 is 5.87. The molecule has 0 bridgehead atoms. The highest BCUT2D eigenvalue weighted by molar-refractivity contribution is 6.30. The van der Waals surface area contributed by atoms with Crippen molar-refractivity contribution in [2.45, 2.75) is 12.0 Å². The van der Waals surface area contributed by atoms with Gasteiger partial charge in [0.25, 0.3) is 5.91 Å². The number of benzene rings is 2. The summed E-state index contributed by atoms with van der Waals surface area (Å²) < 4.78 is 5.70. The third kappa shape index (κ3) is 3.79. The number of carbonyl (C=O) groups excluding carboxylic acids is 2. The van der Waals surface area contributed by atoms with Crippen molar-refractivity contribution in [3.05, 3.63) is 89.2 Å². The number of hydrogen-bond donors (Lipinski definition) is 1. The molecule has 1 amide bonds. The van der Waals surface area contributed by atoms with E-state index in [-0.39, 0.29) is 25.4 Å². The maximum Gasteiger partial charge on any atom is 0.264 e. The number of amides is 1. The zero-order chi connectivity index (χ0) is 21.1. The smallest absolute Gasteiger partial charge is 0.264 e. The van der Waals surface area contributed by atoms with Gasteiger partial charge in [-0.25, -0.2) is 0 Å². The molecule has 30 heavy (non-hydrogen) atoms. The average molecular weight is 423 g/mol. The fourth-order valence-corrected chi connectivity index (χ4v) is 3.67. The Bertz CT molecular complexity index is 1070. The Morgan fingerprint density at radius 1 is 1.10 bits per heavy atom. The minimum atomic E-state index is -1.93. The SMILES string of the molecule is O=C(C[C@]1(O)C(=O)N(CCOc2ccc(Cl)cc2)c2ccccc21)c1cccnc1. The lowest BCUT2D eigenvalue weighted by atomic mass is 9.88. The highest BCUT2D eigenvalue weighted by atomic mass is 35.5. The third-order valence-electron chi connectivity index (χ3n) is 5.04. The Morgan fingerprint density at radius 2 is 1.87 bits per heavy atom. The molecule has 2 aromatic carbocycles. The molecule has 7 heteroatoms. The molecule has 0 saturated heterocycles. The maximum absolute atomic E-state index is 13.2. The first kappa shape index (κ1) is 20.1. The Balaban J connectivity index is 1.53. The van der Waals surface area contributed by atoms with Crippen molar-refractivity contribution in [1.29, 1.82) is 0 Å². The molecule has 0 saturated carbocycles. The lowest BCUT2D eigenvalue weighted by Gasteiger charge is -2.22. The molecule has 4 rings (SSSR count). The predicted octanol–water partition coefficient (Wildman–Crippen LogP) is 3.62. The van der Waals surface area contributed by atoms with Crippen LogP contribution in [0.15, 0.2) is 73.1 Å². The van der Waals surface area contributed by atoms with Crippen LogP contribution in [0.5, 0.6) is 5.75 Å². The summed E-state index contributed by atoms with van der Waals surface area (Å²) in [6.07, 6.45) is 2.63. The van der Waals surface area contributed by atoms with E-state index in [1.807, 2.05) is 0 Å². The number of ether oxygens (including phenoxy) is 1. The van der Waals surface area contributed by atoms with Crippen LogP contribution in [0, 0.1) is 0 Å². The molecule has 1 atom stereocenters. The van der Waals surface area contributed by atoms with E-state index in [0.717, 1.165) is 0 Å². The minimum Gasteiger partial charge on any atom is -0.492 e. The Labute approximate surface area is 178 Å². The van der Waals surface area contributed by atoms with Gasteiger partial charge >= 0.3 is 0 Å². The largest absolute Gasteiger partial charge is 0.492 e. The molecule has 1 aliphatic rings. The molecular weight excluding hydrogens is 404 g/mol. The van der Waals surface area contributed by atoms with Crippen molar-refractivity contribution in [2.75, 3.05) is 18.1 Å². The van der Waals surface area contributed by atoms with Crippen molar-refractivity contribution in [2.24, 2.45) is 0 Å². The van der Waals surface area contributed by atoms with Gasteiger partial charge in [0.1, 0.15) is 12.4 Å². The van der Waals surface area contributed by atoms with Crippen molar-refractivity contribution < 1.29 is 19.4 Å². The van der Waals surface area contributed by atoms with Crippen molar-refractivity contribution in [3.63, 3.8) is 0 Å². The average Bonchev–Trinajstić information content (AvgIpc) is 2.97. The zero-order valence-corrected chi connectivity index (χ0v) is 16.7. The molecule has 3 aromatic rings. The normalized spacial score (nSPS) is 17.7. The standard InChI is InChI=1S/C23H19ClN2O4/c24-17-7-9-18(10-8-17)30-13-12-26-20-6-2-1-5-19(20)23(29,22(26)28)14-21(27)16-4-3-11-25-15-16/h1-11,15,29H,12-14H2/t23-/m1/s1. The van der Waals surface area contributed by atoms with Crippen LogP contribution in [0.1, 0.15) is 22.3 Å². The van der Waals surface area contributed by atoms with E-state index in [4.69, 9.17) is 16.3 Å². The summed E-state index contributed by atoms with van der Waals surface area (Å²) in [6, 6.07) is 17.1. The first-order valence-corrected chi connectivity index (χ1v) is 9.82. The fraction of sp³-hybridized carbons (Fsp3) is 0.174. The van der Waals surface area contributed by atoms with Gasteiger partial charge in [0.2, 0.25) is 0 Å². The van der Waals surface area contributed by atoms with Gasteiger partial charge in [0.05, 0.1) is 18.7 Å². The zero-order valence-electron chi connectivity index (χ0n) is 16.0. The van der Waals surface area contributed by atoms with Gasteiger partial charge in [-0.1, -0.05) is 29.8 Å². The molecule has 0 fully saturated rings. The number of carbonyl (C=O) groups is 2. The van der Waals surface area contributed by atoms with E-state index >= 15 is 0 Å². The monoisotopic (exact) mass is 422 g/mol. The van der Waals surface area contributed by atoms with Crippen LogP contribution >= 0.6 is 11.6 Å². The predicted molar refractivity (Wildman–Crippen MR) is 113 cm³/mol. The highest BCUT2D eigenvalue weighted by Crippen LogP contribution is 2.42. The first-order valence-electron chi connectivity index (χ1n) is 9.44. The summed E-state index contributed by atoms with van der Waals surface area (Å²) in [5.74, 6) is -0.269. The number of anilines is 1. The number of fused-ring (bicyclic) bond motifs is 1. The van der Waals surface area contributed by atoms with Gasteiger partial charge in [-0.2, -0.15) is 0 Å². The molecule has 0 unspecified atom stereocenters. The molecule has 152 valence electrons. The number of hydrogen-bond acceptors (Lipinski definition) is 5. The summed E-state index contributed by atoms with van der Waals surface area (Å²) in [4.78, 5) is 31.3. The molecule has 0 spiro atoms. The molecule has 1 aliphatic heterocycles. The highest BCUT2D eigenvalue weighted by Gasteiger charge is 2.50. The second kappa shape index (κ2) is 8.26. The van der Waals surface area contributed by atoms with Crippen molar-refractivity contribution in [1.82, 2.24) is 4.98 Å². The van der Waals surface area contributed by atoms with Gasteiger partial charge < -0.3 is 14.7 Å². The van der Waals surface area contributed by atoms with E-state index in [1.165, 1.54) is 11.1 Å². The maximum atomic E-state index is 13.2. The van der Waals surface area contributed by atoms with E-state index in [2.05, 4.69) is 4.98 Å². The van der Waals surface area contributed by atoms with Crippen molar-refractivity contribution in [3.8, 4) is 5.75 Å². The lowest BCUT2D eigenvalue weighted by Crippen LogP contribution is -2.43. The van der Waals surface area contributed by atoms with Crippen LogP contribution in [-0.2, 0) is 10.4 Å². The third-order valence-corrected chi connectivity index (χ3v) is 5.29. The number of halogens is 1. The summed E-state index contributed by atoms with van der Waals surface area (Å²) in [5.41, 5.74) is -0.591. The van der Waals surface area contributed by atoms with Crippen LogP contribution in [0.25, 0.3) is 0 Å². The molecule has 1 N–H and O–H groups in total. The molecule has 0 radical (unpaired) electrons. The quantitative estimate of drug-likeness (QED) is 0.588. The van der Waals surface area contributed by atoms with Gasteiger partial charge in [0, 0.05) is 28.5 Å². The van der Waals surface area contributed by atoms with Crippen LogP contribution in [0.2, 0.25) is 5.02 Å². The lowest BCUT2D eigenvalue weighted by molar-refractivity contribution is -0.135. The van der Waals surface area contributed by atoms with E-state index < -0.39 is 11.5 Å². The summed E-state index contributed by atoms with van der Waals surface area (Å²) in [7, 11) is 0. The van der Waals surface area contributed by atoms with Crippen molar-refractivity contribution >= 4 is 29.0 Å². The Kier molecular flexibility index (Phi) is 5.53. The van der Waals surface area contributed by atoms with Crippen LogP contribution in [0.3, 0.4) is 0 Å². The molecule has 0 aliphatic carbocycles. The number of Topliss-reactive ketones (excluding diaryl/α,β-unsaturated/α-hetero) is 1. The van der Waals surface area contributed by atoms with Crippen LogP contribution in [-0.4, -0.2) is 34.9 Å². The second-order valence-corrected chi connectivity index (χ2v) is 7.41. The number of para-hydroxylation sites is 1. The molecule has 6 nitrogen and oxygen atoms in total. The number of ketones is 1. The molecule has 2 heterocycles. The van der Waals surface area contributed by atoms with E-state index in [1.54, 1.807) is 66.9 Å². The van der Waals surface area contributed by atoms with Gasteiger partial charge in [0.15, 0.2) is 11.4 Å². The van der Waals surface area contributed by atoms with Crippen LogP contribution < -0.4 is 9.64 Å².